The number of rotatable bonds is 10. The van der Waals surface area contributed by atoms with Gasteiger partial charge in [0.25, 0.3) is 0 Å². The van der Waals surface area contributed by atoms with Gasteiger partial charge >= 0.3 is 13.7 Å². The van der Waals surface area contributed by atoms with Crippen LogP contribution in [0.5, 0.6) is 11.6 Å². The summed E-state index contributed by atoms with van der Waals surface area (Å²) in [6, 6.07) is 7.12. The number of hydrogen-bond donors (Lipinski definition) is 3. The van der Waals surface area contributed by atoms with Crippen molar-refractivity contribution in [3.8, 4) is 11.6 Å². The molecule has 3 aromatic rings. The number of ether oxygens (including phenoxy) is 2. The number of benzene rings is 1. The van der Waals surface area contributed by atoms with Gasteiger partial charge in [0.05, 0.1) is 12.9 Å². The van der Waals surface area contributed by atoms with E-state index in [1.807, 2.05) is 0 Å². The number of nitrogens with zero attached hydrogens (tertiary/aromatic N) is 4. The van der Waals surface area contributed by atoms with E-state index < -0.39 is 50.5 Å². The fourth-order valence-corrected chi connectivity index (χ4v) is 6.48. The summed E-state index contributed by atoms with van der Waals surface area (Å²) in [4.78, 5) is 24.8. The third kappa shape index (κ3) is 6.21. The maximum Gasteiger partial charge on any atom is 0.459 e. The van der Waals surface area contributed by atoms with Gasteiger partial charge in [-0.1, -0.05) is 18.2 Å². The molecule has 0 radical (unpaired) electrons. The summed E-state index contributed by atoms with van der Waals surface area (Å²) in [6.07, 6.45) is 0.0505. The summed E-state index contributed by atoms with van der Waals surface area (Å²) in [7, 11) is -4.29. The number of aliphatic hydroxyl groups is 1. The Morgan fingerprint density at radius 3 is 2.71 bits per heavy atom. The number of fused-ring (bicyclic) bond motifs is 1. The van der Waals surface area contributed by atoms with Gasteiger partial charge in [-0.2, -0.15) is 10.1 Å². The van der Waals surface area contributed by atoms with Crippen molar-refractivity contribution in [2.75, 3.05) is 6.61 Å². The molecule has 6 atom stereocenters. The molecule has 1 aliphatic heterocycles. The zero-order valence-corrected chi connectivity index (χ0v) is 23.7. The Bertz CT molecular complexity index is 1430. The lowest BCUT2D eigenvalue weighted by molar-refractivity contribution is -0.150. The smallest absolute Gasteiger partial charge is 0.459 e. The molecule has 1 saturated heterocycles. The first-order chi connectivity index (χ1) is 19.5. The largest absolute Gasteiger partial charge is 0.492 e. The van der Waals surface area contributed by atoms with E-state index in [2.05, 4.69) is 20.0 Å². The Balaban J connectivity index is 1.33. The van der Waals surface area contributed by atoms with Gasteiger partial charge in [0.2, 0.25) is 5.88 Å². The zero-order chi connectivity index (χ0) is 29.4. The van der Waals surface area contributed by atoms with E-state index in [9.17, 15) is 19.6 Å². The molecule has 1 unspecified atom stereocenters. The highest BCUT2D eigenvalue weighted by molar-refractivity contribution is 7.52. The van der Waals surface area contributed by atoms with Crippen molar-refractivity contribution in [3.05, 3.63) is 42.5 Å². The molecular weight excluding hydrogens is 560 g/mol. The minimum Gasteiger partial charge on any atom is -0.492 e. The Hall–Kier alpha value is -3.16. The molecule has 2 aliphatic rings. The van der Waals surface area contributed by atoms with Gasteiger partial charge in [0, 0.05) is 0 Å². The van der Waals surface area contributed by atoms with Crippen LogP contribution in [0.2, 0.25) is 0 Å². The Labute approximate surface area is 235 Å². The molecule has 15 heteroatoms. The summed E-state index contributed by atoms with van der Waals surface area (Å²) in [5.41, 5.74) is -2.23. The normalized spacial score (nSPS) is 27.1. The third-order valence-electron chi connectivity index (χ3n) is 7.15. The van der Waals surface area contributed by atoms with Crippen LogP contribution in [0.25, 0.3) is 11.2 Å². The number of aromatic nitrogens is 4. The Morgan fingerprint density at radius 2 is 2.00 bits per heavy atom. The van der Waals surface area contributed by atoms with Crippen LogP contribution in [-0.2, 0) is 23.4 Å². The summed E-state index contributed by atoms with van der Waals surface area (Å²) in [5.74, 6) is -0.573. The first-order valence-electron chi connectivity index (χ1n) is 13.4. The molecule has 0 spiro atoms. The fraction of sp³-hybridized carbons (Fsp3) is 0.538. The maximum absolute atomic E-state index is 15.9. The van der Waals surface area contributed by atoms with E-state index in [0.29, 0.717) is 0 Å². The summed E-state index contributed by atoms with van der Waals surface area (Å²) >= 11 is 0. The lowest BCUT2D eigenvalue weighted by Crippen LogP contribution is -2.41. The predicted octanol–water partition coefficient (Wildman–Crippen LogP) is 3.49. The van der Waals surface area contributed by atoms with E-state index in [1.54, 1.807) is 37.3 Å². The fourth-order valence-electron chi connectivity index (χ4n) is 4.97. The molecule has 3 N–H and O–H groups in total. The van der Waals surface area contributed by atoms with Crippen LogP contribution < -0.4 is 9.61 Å². The molecule has 2 aromatic heterocycles. The van der Waals surface area contributed by atoms with E-state index in [-0.39, 0.29) is 34.7 Å². The highest BCUT2D eigenvalue weighted by Crippen LogP contribution is 2.48. The molecule has 1 aromatic carbocycles. The van der Waals surface area contributed by atoms with Crippen molar-refractivity contribution in [3.63, 3.8) is 0 Å². The lowest BCUT2D eigenvalue weighted by atomic mass is 9.98. The Morgan fingerprint density at radius 1 is 1.29 bits per heavy atom. The van der Waals surface area contributed by atoms with Gasteiger partial charge in [-0.3, -0.25) is 13.9 Å². The van der Waals surface area contributed by atoms with Gasteiger partial charge < -0.3 is 24.2 Å². The maximum atomic E-state index is 15.9. The molecule has 5 rings (SSSR count). The van der Waals surface area contributed by atoms with Crippen LogP contribution in [0.3, 0.4) is 0 Å². The van der Waals surface area contributed by atoms with Crippen molar-refractivity contribution >= 4 is 24.9 Å². The standard InChI is InChI=1S/C26H33FN5O8P/c1-15(24(35)38-17-9-7-8-10-17)31-41(36,40-18-11-5-4-6-12-18)37-13-19-21(33)26(3,27)25(39-19)32-14-28-20-22(32)29-16(2)30-23(20)34/h4-6,11-12,14-15,17,19,21,25,33H,7-10,13H2,1-3H3,(H,31,36)(H,29,30,34)/t15-,19+,21+,25+,26+,41?/m0/s1. The van der Waals surface area contributed by atoms with Crippen LogP contribution in [0.1, 0.15) is 51.6 Å². The number of carbonyl (C=O) groups is 1. The first-order valence-corrected chi connectivity index (χ1v) is 14.9. The number of imidazole rings is 1. The van der Waals surface area contributed by atoms with Crippen LogP contribution in [0, 0.1) is 6.92 Å². The van der Waals surface area contributed by atoms with E-state index in [1.165, 1.54) is 17.8 Å². The number of aryl methyl sites for hydroxylation is 1. The number of nitrogens with one attached hydrogen (secondary N) is 1. The summed E-state index contributed by atoms with van der Waals surface area (Å²) in [6.45, 7) is 3.60. The summed E-state index contributed by atoms with van der Waals surface area (Å²) in [5, 5.41) is 23.6. The molecule has 13 nitrogen and oxygen atoms in total. The molecule has 2 fully saturated rings. The number of halogens is 1. The van der Waals surface area contributed by atoms with E-state index in [0.717, 1.165) is 32.6 Å². The number of esters is 1. The molecule has 222 valence electrons. The minimum absolute atomic E-state index is 0.0348. The summed E-state index contributed by atoms with van der Waals surface area (Å²) < 4.78 is 53.7. The van der Waals surface area contributed by atoms with Crippen molar-refractivity contribution in [2.24, 2.45) is 0 Å². The van der Waals surface area contributed by atoms with Crippen molar-refractivity contribution < 1.29 is 42.5 Å². The number of aliphatic hydroxyl groups excluding tert-OH is 1. The van der Waals surface area contributed by atoms with Gasteiger partial charge in [-0.05, 0) is 58.6 Å². The molecule has 41 heavy (non-hydrogen) atoms. The number of alkyl halides is 1. The van der Waals surface area contributed by atoms with Crippen LogP contribution in [0.4, 0.5) is 4.39 Å². The van der Waals surface area contributed by atoms with Crippen LogP contribution >= 0.6 is 7.75 Å². The van der Waals surface area contributed by atoms with Crippen LogP contribution in [-0.4, -0.2) is 72.3 Å². The lowest BCUT2D eigenvalue weighted by Gasteiger charge is -2.25. The van der Waals surface area contributed by atoms with Crippen molar-refractivity contribution in [1.29, 1.82) is 0 Å². The molecule has 1 aliphatic carbocycles. The highest BCUT2D eigenvalue weighted by Gasteiger charge is 2.56. The van der Waals surface area contributed by atoms with Gasteiger partial charge in [0.15, 0.2) is 23.1 Å². The quantitative estimate of drug-likeness (QED) is 0.232. The van der Waals surface area contributed by atoms with Gasteiger partial charge in [-0.25, -0.2) is 18.9 Å². The Kier molecular flexibility index (Phi) is 8.31. The number of para-hydroxylation sites is 1. The molecule has 1 saturated carbocycles. The number of carbonyl (C=O) groups excluding carboxylic acids is 1. The SMILES string of the molecule is Cc1nc(O)c2ncn([C@@H]3O[C@H](COP(=O)(N[C@@H](C)C(=O)OC4CCCC4)Oc4ccccc4)[C@@H](O)[C@@]3(C)F)c2n1. The first kappa shape index (κ1) is 29.3. The zero-order valence-electron chi connectivity index (χ0n) is 22.8. The van der Waals surface area contributed by atoms with Gasteiger partial charge in [-0.15, -0.1) is 0 Å². The van der Waals surface area contributed by atoms with Crippen LogP contribution in [0.15, 0.2) is 36.7 Å². The minimum atomic E-state index is -4.29. The monoisotopic (exact) mass is 593 g/mol. The topological polar surface area (TPSA) is 167 Å². The average Bonchev–Trinajstić information content (AvgIpc) is 3.63. The van der Waals surface area contributed by atoms with Crippen molar-refractivity contribution in [2.45, 2.75) is 82.7 Å². The highest BCUT2D eigenvalue weighted by atomic mass is 31.2. The predicted molar refractivity (Wildman–Crippen MR) is 143 cm³/mol. The molecule has 0 bridgehead atoms. The third-order valence-corrected chi connectivity index (χ3v) is 8.80. The van der Waals surface area contributed by atoms with Gasteiger partial charge in [0.1, 0.15) is 35.9 Å². The molecule has 3 heterocycles. The van der Waals surface area contributed by atoms with E-state index in [4.69, 9.17) is 18.5 Å². The number of aromatic hydroxyl groups is 1. The van der Waals surface area contributed by atoms with Crippen molar-refractivity contribution in [1.82, 2.24) is 24.6 Å². The van der Waals surface area contributed by atoms with E-state index >= 15 is 4.39 Å². The second kappa shape index (κ2) is 11.6. The molecular formula is C26H33FN5O8P. The second-order valence-electron chi connectivity index (χ2n) is 10.4. The average molecular weight is 594 g/mol. The molecule has 0 amide bonds. The second-order valence-corrected chi connectivity index (χ2v) is 12.1. The number of hydrogen-bond acceptors (Lipinski definition) is 11.